The molecule has 0 aliphatic rings. The van der Waals surface area contributed by atoms with E-state index in [1.54, 1.807) is 0 Å². The van der Waals surface area contributed by atoms with Gasteiger partial charge in [-0.15, -0.1) is 0 Å². The van der Waals surface area contributed by atoms with Gasteiger partial charge >= 0.3 is 5.97 Å². The normalized spacial score (nSPS) is 8.67. The summed E-state index contributed by atoms with van der Waals surface area (Å²) in [4.78, 5) is 14.5. The van der Waals surface area contributed by atoms with Crippen LogP contribution in [-0.2, 0) is 4.79 Å². The van der Waals surface area contributed by atoms with Crippen molar-refractivity contribution in [3.05, 3.63) is 11.1 Å². The Kier molecular flexibility index (Phi) is 2.66. The highest BCUT2D eigenvalue weighted by Crippen LogP contribution is 2.12. The van der Waals surface area contributed by atoms with E-state index in [2.05, 4.69) is 16.8 Å². The highest BCUT2D eigenvalue weighted by molar-refractivity contribution is 7.15. The Morgan fingerprint density at radius 2 is 2.58 bits per heavy atom. The third-order valence-electron chi connectivity index (χ3n) is 0.975. The minimum atomic E-state index is -0.931. The Hall–Kier alpha value is -1.54. The number of rotatable bonds is 1. The van der Waals surface area contributed by atoms with Crippen LogP contribution in [0.1, 0.15) is 11.3 Å². The second-order valence-electron chi connectivity index (χ2n) is 1.94. The van der Waals surface area contributed by atoms with E-state index in [4.69, 9.17) is 10.8 Å². The summed E-state index contributed by atoms with van der Waals surface area (Å²) in [5, 5.41) is 8.70. The lowest BCUT2D eigenvalue weighted by Gasteiger charge is -1.77. The van der Waals surface area contributed by atoms with Crippen molar-refractivity contribution in [2.75, 3.05) is 5.73 Å². The molecule has 0 aromatic carbocycles. The highest BCUT2D eigenvalue weighted by atomic mass is 32.1. The van der Waals surface area contributed by atoms with Gasteiger partial charge in [-0.2, -0.15) is 0 Å². The molecule has 0 spiro atoms. The number of nitrogens with two attached hydrogens (primary N) is 1. The second-order valence-corrected chi connectivity index (χ2v) is 3.00. The number of carboxylic acids is 1. The Morgan fingerprint density at radius 1 is 1.83 bits per heavy atom. The SMILES string of the molecule is Nc1ncc(C#CCC(=O)O)s1. The van der Waals surface area contributed by atoms with Gasteiger partial charge in [0, 0.05) is 0 Å². The number of aliphatic carboxylic acids is 1. The van der Waals surface area contributed by atoms with Crippen LogP contribution in [0.25, 0.3) is 0 Å². The molecular weight excluding hydrogens is 176 g/mol. The lowest BCUT2D eigenvalue weighted by atomic mass is 10.4. The monoisotopic (exact) mass is 182 g/mol. The van der Waals surface area contributed by atoms with Crippen LogP contribution >= 0.6 is 11.3 Å². The number of thiazole rings is 1. The van der Waals surface area contributed by atoms with E-state index in [1.165, 1.54) is 17.5 Å². The Labute approximate surface area is 73.0 Å². The molecule has 0 aliphatic carbocycles. The van der Waals surface area contributed by atoms with E-state index in [-0.39, 0.29) is 6.42 Å². The first-order chi connectivity index (χ1) is 5.68. The van der Waals surface area contributed by atoms with Crippen molar-refractivity contribution >= 4 is 22.4 Å². The fourth-order valence-corrected chi connectivity index (χ4v) is 1.11. The van der Waals surface area contributed by atoms with Crippen LogP contribution in [0.5, 0.6) is 0 Å². The standard InChI is InChI=1S/C7H6N2O2S/c8-7-9-4-5(12-7)2-1-3-6(10)11/h4H,3H2,(H2,8,9)(H,10,11). The molecule has 12 heavy (non-hydrogen) atoms. The molecule has 0 saturated heterocycles. The first-order valence-electron chi connectivity index (χ1n) is 3.10. The molecular formula is C7H6N2O2S. The molecule has 5 heteroatoms. The number of carboxylic acid groups (broad SMARTS) is 1. The molecule has 1 rings (SSSR count). The summed E-state index contributed by atoms with van der Waals surface area (Å²) in [5.74, 6) is 4.19. The maximum absolute atomic E-state index is 10.1. The van der Waals surface area contributed by atoms with E-state index >= 15 is 0 Å². The number of nitrogens with zero attached hydrogens (tertiary/aromatic N) is 1. The summed E-state index contributed by atoms with van der Waals surface area (Å²) in [6.45, 7) is 0. The summed E-state index contributed by atoms with van der Waals surface area (Å²) < 4.78 is 0. The lowest BCUT2D eigenvalue weighted by molar-refractivity contribution is -0.135. The zero-order valence-electron chi connectivity index (χ0n) is 6.07. The zero-order valence-corrected chi connectivity index (χ0v) is 6.89. The van der Waals surface area contributed by atoms with Crippen molar-refractivity contribution in [3.63, 3.8) is 0 Å². The van der Waals surface area contributed by atoms with Gasteiger partial charge in [-0.25, -0.2) is 4.98 Å². The van der Waals surface area contributed by atoms with Crippen LogP contribution in [0.4, 0.5) is 5.13 Å². The predicted octanol–water partition coefficient (Wildman–Crippen LogP) is 0.552. The van der Waals surface area contributed by atoms with Gasteiger partial charge in [-0.3, -0.25) is 4.79 Å². The van der Waals surface area contributed by atoms with Gasteiger partial charge in [0.1, 0.15) is 6.42 Å². The van der Waals surface area contributed by atoms with Crippen molar-refractivity contribution in [1.29, 1.82) is 0 Å². The molecule has 3 N–H and O–H groups in total. The van der Waals surface area contributed by atoms with Gasteiger partial charge in [0.05, 0.1) is 11.1 Å². The summed E-state index contributed by atoms with van der Waals surface area (Å²) >= 11 is 1.24. The van der Waals surface area contributed by atoms with Crippen LogP contribution in [0.2, 0.25) is 0 Å². The fraction of sp³-hybridized carbons (Fsp3) is 0.143. The van der Waals surface area contributed by atoms with Gasteiger partial charge in [0.15, 0.2) is 5.13 Å². The molecule has 0 atom stereocenters. The van der Waals surface area contributed by atoms with Gasteiger partial charge in [0.25, 0.3) is 0 Å². The molecule has 0 fully saturated rings. The third kappa shape index (κ3) is 2.60. The molecule has 0 saturated carbocycles. The quantitative estimate of drug-likeness (QED) is 0.622. The minimum Gasteiger partial charge on any atom is -0.481 e. The second kappa shape index (κ2) is 3.74. The van der Waals surface area contributed by atoms with Crippen molar-refractivity contribution in [1.82, 2.24) is 4.98 Å². The average molecular weight is 182 g/mol. The molecule has 0 radical (unpaired) electrons. The van der Waals surface area contributed by atoms with Gasteiger partial charge in [-0.1, -0.05) is 23.2 Å². The van der Waals surface area contributed by atoms with E-state index in [0.29, 0.717) is 10.0 Å². The van der Waals surface area contributed by atoms with Gasteiger partial charge in [0.2, 0.25) is 0 Å². The minimum absolute atomic E-state index is 0.155. The summed E-state index contributed by atoms with van der Waals surface area (Å²) in [6, 6.07) is 0. The van der Waals surface area contributed by atoms with Gasteiger partial charge in [-0.05, 0) is 0 Å². The first-order valence-corrected chi connectivity index (χ1v) is 3.92. The number of aromatic nitrogens is 1. The summed E-state index contributed by atoms with van der Waals surface area (Å²) in [5.41, 5.74) is 5.33. The average Bonchev–Trinajstić information content (AvgIpc) is 2.35. The summed E-state index contributed by atoms with van der Waals surface area (Å²) in [7, 11) is 0. The smallest absolute Gasteiger partial charge is 0.315 e. The third-order valence-corrected chi connectivity index (χ3v) is 1.72. The molecule has 0 aliphatic heterocycles. The van der Waals surface area contributed by atoms with E-state index in [0.717, 1.165) is 0 Å². The maximum atomic E-state index is 10.1. The Morgan fingerprint density at radius 3 is 3.08 bits per heavy atom. The Balaban J connectivity index is 2.60. The highest BCUT2D eigenvalue weighted by Gasteiger charge is 1.93. The van der Waals surface area contributed by atoms with E-state index < -0.39 is 5.97 Å². The van der Waals surface area contributed by atoms with Gasteiger partial charge < -0.3 is 10.8 Å². The molecule has 0 bridgehead atoms. The van der Waals surface area contributed by atoms with Crippen LogP contribution in [0.3, 0.4) is 0 Å². The van der Waals surface area contributed by atoms with Crippen molar-refractivity contribution in [3.8, 4) is 11.8 Å². The number of hydrogen-bond donors (Lipinski definition) is 2. The lowest BCUT2D eigenvalue weighted by Crippen LogP contribution is -1.89. The number of hydrogen-bond acceptors (Lipinski definition) is 4. The van der Waals surface area contributed by atoms with Crippen LogP contribution in [0, 0.1) is 11.8 Å². The van der Waals surface area contributed by atoms with E-state index in [9.17, 15) is 4.79 Å². The number of carbonyl (C=O) groups is 1. The molecule has 4 nitrogen and oxygen atoms in total. The fourth-order valence-electron chi connectivity index (χ4n) is 0.552. The molecule has 1 heterocycles. The first kappa shape index (κ1) is 8.56. The molecule has 62 valence electrons. The summed E-state index contributed by atoms with van der Waals surface area (Å²) in [6.07, 6.45) is 1.37. The number of anilines is 1. The topological polar surface area (TPSA) is 76.2 Å². The van der Waals surface area contributed by atoms with Crippen LogP contribution in [0.15, 0.2) is 6.20 Å². The van der Waals surface area contributed by atoms with Crippen LogP contribution < -0.4 is 5.73 Å². The predicted molar refractivity (Wildman–Crippen MR) is 45.7 cm³/mol. The largest absolute Gasteiger partial charge is 0.481 e. The maximum Gasteiger partial charge on any atom is 0.315 e. The molecule has 1 aromatic rings. The zero-order chi connectivity index (χ0) is 8.97. The number of nitrogen functional groups attached to an aromatic ring is 1. The molecule has 0 unspecified atom stereocenters. The van der Waals surface area contributed by atoms with Crippen molar-refractivity contribution in [2.24, 2.45) is 0 Å². The van der Waals surface area contributed by atoms with Crippen LogP contribution in [-0.4, -0.2) is 16.1 Å². The van der Waals surface area contributed by atoms with E-state index in [1.807, 2.05) is 0 Å². The van der Waals surface area contributed by atoms with Crippen molar-refractivity contribution < 1.29 is 9.90 Å². The molecule has 0 amide bonds. The Bertz CT molecular complexity index is 348. The molecule has 1 aromatic heterocycles. The van der Waals surface area contributed by atoms with Crippen molar-refractivity contribution in [2.45, 2.75) is 6.42 Å².